The molecule has 0 aromatic carbocycles. The van der Waals surface area contributed by atoms with E-state index in [0.29, 0.717) is 11.8 Å². The number of hydrogen-bond donors (Lipinski definition) is 1. The molecular formula is C13H24N6O. The van der Waals surface area contributed by atoms with Crippen LogP contribution in [0.5, 0.6) is 0 Å². The molecule has 7 heteroatoms. The van der Waals surface area contributed by atoms with Gasteiger partial charge in [0.05, 0.1) is 0 Å². The van der Waals surface area contributed by atoms with E-state index in [2.05, 4.69) is 39.6 Å². The minimum Gasteiger partial charge on any atom is -0.354 e. The second-order valence-corrected chi connectivity index (χ2v) is 5.97. The van der Waals surface area contributed by atoms with Gasteiger partial charge in [-0.3, -0.25) is 4.79 Å². The van der Waals surface area contributed by atoms with E-state index in [0.717, 1.165) is 19.6 Å². The molecule has 1 atom stereocenters. The summed E-state index contributed by atoms with van der Waals surface area (Å²) >= 11 is 0. The zero-order valence-electron chi connectivity index (χ0n) is 12.3. The summed E-state index contributed by atoms with van der Waals surface area (Å²) in [5, 5.41) is 13.7. The lowest BCUT2D eigenvalue weighted by molar-refractivity contribution is -0.122. The van der Waals surface area contributed by atoms with Crippen molar-refractivity contribution in [1.82, 2.24) is 30.4 Å². The number of nitrogens with one attached hydrogen (secondary N) is 1. The van der Waals surface area contributed by atoms with Crippen LogP contribution in [0.25, 0.3) is 0 Å². The van der Waals surface area contributed by atoms with Crippen molar-refractivity contribution in [2.24, 2.45) is 11.8 Å². The summed E-state index contributed by atoms with van der Waals surface area (Å²) < 4.78 is 1.43. The van der Waals surface area contributed by atoms with Crippen molar-refractivity contribution in [3.63, 3.8) is 0 Å². The average molecular weight is 280 g/mol. The van der Waals surface area contributed by atoms with Gasteiger partial charge in [0.25, 0.3) is 0 Å². The summed E-state index contributed by atoms with van der Waals surface area (Å²) in [4.78, 5) is 14.3. The van der Waals surface area contributed by atoms with Crippen LogP contribution in [0, 0.1) is 11.8 Å². The molecule has 0 spiro atoms. The van der Waals surface area contributed by atoms with Crippen molar-refractivity contribution < 1.29 is 4.79 Å². The smallest absolute Gasteiger partial charge is 0.241 e. The molecule has 2 rings (SSSR count). The molecule has 1 aromatic heterocycles. The van der Waals surface area contributed by atoms with Crippen molar-refractivity contribution in [2.45, 2.75) is 33.2 Å². The van der Waals surface area contributed by atoms with Crippen molar-refractivity contribution in [2.75, 3.05) is 26.2 Å². The molecule has 0 bridgehead atoms. The Balaban J connectivity index is 1.69. The number of carbonyl (C=O) groups is 1. The number of tetrazole rings is 1. The van der Waals surface area contributed by atoms with Crippen molar-refractivity contribution >= 4 is 5.91 Å². The fraction of sp³-hybridized carbons (Fsp3) is 0.846. The predicted molar refractivity (Wildman–Crippen MR) is 74.8 cm³/mol. The zero-order chi connectivity index (χ0) is 14.4. The summed E-state index contributed by atoms with van der Waals surface area (Å²) in [5.41, 5.74) is 0. The molecule has 0 saturated carbocycles. The molecule has 0 aliphatic carbocycles. The maximum Gasteiger partial charge on any atom is 0.241 e. The van der Waals surface area contributed by atoms with Gasteiger partial charge in [-0.25, -0.2) is 4.68 Å². The number of carbonyl (C=O) groups excluding carboxylic acids is 1. The first-order chi connectivity index (χ1) is 9.63. The van der Waals surface area contributed by atoms with Gasteiger partial charge in [-0.05, 0) is 41.6 Å². The SMILES string of the molecule is CC(C)CN1CCC[C@H](CNC(=O)Cn2cnnn2)C1. The number of hydrogen-bond acceptors (Lipinski definition) is 5. The van der Waals surface area contributed by atoms with E-state index < -0.39 is 0 Å². The van der Waals surface area contributed by atoms with E-state index in [9.17, 15) is 4.79 Å². The molecule has 1 aliphatic rings. The van der Waals surface area contributed by atoms with Crippen molar-refractivity contribution in [3.8, 4) is 0 Å². The summed E-state index contributed by atoms with van der Waals surface area (Å²) in [6, 6.07) is 0. The maximum atomic E-state index is 11.8. The van der Waals surface area contributed by atoms with E-state index in [-0.39, 0.29) is 12.5 Å². The largest absolute Gasteiger partial charge is 0.354 e. The Kier molecular flexibility index (Phi) is 5.46. The van der Waals surface area contributed by atoms with Gasteiger partial charge in [-0.1, -0.05) is 13.8 Å². The third kappa shape index (κ3) is 4.88. The zero-order valence-corrected chi connectivity index (χ0v) is 12.3. The van der Waals surface area contributed by atoms with Crippen LogP contribution in [-0.2, 0) is 11.3 Å². The number of aromatic nitrogens is 4. The molecule has 0 radical (unpaired) electrons. The Bertz CT molecular complexity index is 405. The van der Waals surface area contributed by atoms with Crippen LogP contribution in [0.3, 0.4) is 0 Å². The lowest BCUT2D eigenvalue weighted by atomic mass is 9.97. The minimum absolute atomic E-state index is 0.0294. The normalized spacial score (nSPS) is 20.2. The van der Waals surface area contributed by atoms with Crippen LogP contribution in [0.1, 0.15) is 26.7 Å². The Hall–Kier alpha value is -1.50. The van der Waals surface area contributed by atoms with E-state index in [1.165, 1.54) is 30.4 Å². The van der Waals surface area contributed by atoms with E-state index in [4.69, 9.17) is 0 Å². The van der Waals surface area contributed by atoms with Crippen LogP contribution in [0.2, 0.25) is 0 Å². The third-order valence-electron chi connectivity index (χ3n) is 3.51. The number of amides is 1. The quantitative estimate of drug-likeness (QED) is 0.803. The molecular weight excluding hydrogens is 256 g/mol. The standard InChI is InChI=1S/C13H24N6O/c1-11(2)7-18-5-3-4-12(8-18)6-14-13(20)9-19-10-15-16-17-19/h10-12H,3-9H2,1-2H3,(H,14,20)/t12-/m1/s1. The van der Waals surface area contributed by atoms with Gasteiger partial charge >= 0.3 is 0 Å². The van der Waals surface area contributed by atoms with Gasteiger partial charge in [0.2, 0.25) is 5.91 Å². The van der Waals surface area contributed by atoms with Crippen molar-refractivity contribution in [1.29, 1.82) is 0 Å². The monoisotopic (exact) mass is 280 g/mol. The highest BCUT2D eigenvalue weighted by molar-refractivity contribution is 5.75. The summed E-state index contributed by atoms with van der Waals surface area (Å²) in [7, 11) is 0. The van der Waals surface area contributed by atoms with Gasteiger partial charge in [-0.15, -0.1) is 5.10 Å². The number of likely N-dealkylation sites (tertiary alicyclic amines) is 1. The van der Waals surface area contributed by atoms with Gasteiger partial charge in [0.15, 0.2) is 0 Å². The second kappa shape index (κ2) is 7.33. The fourth-order valence-corrected chi connectivity index (χ4v) is 2.71. The van der Waals surface area contributed by atoms with Gasteiger partial charge in [0, 0.05) is 19.6 Å². The first-order valence-electron chi connectivity index (χ1n) is 7.33. The van der Waals surface area contributed by atoms with Crippen LogP contribution < -0.4 is 5.32 Å². The van der Waals surface area contributed by atoms with E-state index in [1.54, 1.807) is 0 Å². The molecule has 112 valence electrons. The molecule has 1 saturated heterocycles. The van der Waals surface area contributed by atoms with Gasteiger partial charge in [-0.2, -0.15) is 0 Å². The molecule has 7 nitrogen and oxygen atoms in total. The van der Waals surface area contributed by atoms with E-state index in [1.807, 2.05) is 0 Å². The maximum absolute atomic E-state index is 11.8. The average Bonchev–Trinajstić information content (AvgIpc) is 2.89. The van der Waals surface area contributed by atoms with Gasteiger partial charge in [0.1, 0.15) is 12.9 Å². The van der Waals surface area contributed by atoms with E-state index >= 15 is 0 Å². The highest BCUT2D eigenvalue weighted by atomic mass is 16.2. The predicted octanol–water partition coefficient (Wildman–Crippen LogP) is 0.157. The Morgan fingerprint density at radius 3 is 3.05 bits per heavy atom. The first-order valence-corrected chi connectivity index (χ1v) is 7.33. The lowest BCUT2D eigenvalue weighted by Crippen LogP contribution is -2.42. The number of piperidine rings is 1. The van der Waals surface area contributed by atoms with Crippen LogP contribution in [-0.4, -0.2) is 57.2 Å². The molecule has 2 heterocycles. The first kappa shape index (κ1) is 14.9. The second-order valence-electron chi connectivity index (χ2n) is 5.97. The Labute approximate surface area is 119 Å². The van der Waals surface area contributed by atoms with Crippen LogP contribution in [0.15, 0.2) is 6.33 Å². The van der Waals surface area contributed by atoms with Crippen LogP contribution in [0.4, 0.5) is 0 Å². The number of rotatable bonds is 6. The van der Waals surface area contributed by atoms with Crippen LogP contribution >= 0.6 is 0 Å². The molecule has 1 amide bonds. The Morgan fingerprint density at radius 1 is 1.50 bits per heavy atom. The van der Waals surface area contributed by atoms with Gasteiger partial charge < -0.3 is 10.2 Å². The molecule has 0 unspecified atom stereocenters. The lowest BCUT2D eigenvalue weighted by Gasteiger charge is -2.33. The summed E-state index contributed by atoms with van der Waals surface area (Å²) in [6.45, 7) is 8.85. The molecule has 1 fully saturated rings. The molecule has 1 N–H and O–H groups in total. The molecule has 1 aliphatic heterocycles. The Morgan fingerprint density at radius 2 is 2.35 bits per heavy atom. The molecule has 20 heavy (non-hydrogen) atoms. The fourth-order valence-electron chi connectivity index (χ4n) is 2.71. The minimum atomic E-state index is -0.0294. The highest BCUT2D eigenvalue weighted by Crippen LogP contribution is 2.16. The highest BCUT2D eigenvalue weighted by Gasteiger charge is 2.20. The molecule has 1 aromatic rings. The van der Waals surface area contributed by atoms with Crippen molar-refractivity contribution in [3.05, 3.63) is 6.33 Å². The number of nitrogens with zero attached hydrogens (tertiary/aromatic N) is 5. The topological polar surface area (TPSA) is 75.9 Å². The summed E-state index contributed by atoms with van der Waals surface area (Å²) in [5.74, 6) is 1.22. The summed E-state index contributed by atoms with van der Waals surface area (Å²) in [6.07, 6.45) is 3.87. The third-order valence-corrected chi connectivity index (χ3v) is 3.51.